The summed E-state index contributed by atoms with van der Waals surface area (Å²) in [6, 6.07) is 11.4. The van der Waals surface area contributed by atoms with Crippen molar-refractivity contribution in [1.29, 1.82) is 0 Å². The summed E-state index contributed by atoms with van der Waals surface area (Å²) in [6.07, 6.45) is 11.1. The predicted molar refractivity (Wildman–Crippen MR) is 101 cm³/mol. The molecule has 3 aliphatic carbocycles. The summed E-state index contributed by atoms with van der Waals surface area (Å²) in [7, 11) is 0. The molecule has 3 aromatic rings. The van der Waals surface area contributed by atoms with Crippen LogP contribution in [0.25, 0.3) is 11.1 Å². The first kappa shape index (κ1) is 15.3. The quantitative estimate of drug-likeness (QED) is 0.771. The van der Waals surface area contributed by atoms with E-state index in [1.807, 2.05) is 36.7 Å². The number of anilines is 1. The Balaban J connectivity index is 1.37. The number of hydrogen-bond acceptors (Lipinski definition) is 4. The van der Waals surface area contributed by atoms with Gasteiger partial charge in [0.15, 0.2) is 0 Å². The molecule has 2 bridgehead atoms. The van der Waals surface area contributed by atoms with Crippen molar-refractivity contribution in [3.63, 3.8) is 0 Å². The van der Waals surface area contributed by atoms with E-state index in [1.165, 1.54) is 19.3 Å². The van der Waals surface area contributed by atoms with Gasteiger partial charge in [0.2, 0.25) is 0 Å². The summed E-state index contributed by atoms with van der Waals surface area (Å²) in [5, 5.41) is 3.58. The van der Waals surface area contributed by atoms with Crippen molar-refractivity contribution < 1.29 is 0 Å². The first-order valence-electron chi connectivity index (χ1n) is 9.03. The van der Waals surface area contributed by atoms with Gasteiger partial charge >= 0.3 is 0 Å². The Morgan fingerprint density at radius 1 is 1.08 bits per heavy atom. The second-order valence-electron chi connectivity index (χ2n) is 7.56. The lowest BCUT2D eigenvalue weighted by atomic mass is 9.50. The average Bonchev–Trinajstić information content (AvgIpc) is 2.61. The third kappa shape index (κ3) is 2.69. The fourth-order valence-electron chi connectivity index (χ4n) is 4.06. The van der Waals surface area contributed by atoms with E-state index in [0.29, 0.717) is 12.1 Å². The summed E-state index contributed by atoms with van der Waals surface area (Å²) in [5.41, 5.74) is 3.30. The number of aromatic nitrogens is 3. The summed E-state index contributed by atoms with van der Waals surface area (Å²) in [4.78, 5) is 20.9. The molecular formula is C21H20N4O. The van der Waals surface area contributed by atoms with E-state index in [4.69, 9.17) is 0 Å². The van der Waals surface area contributed by atoms with Crippen LogP contribution in [0.5, 0.6) is 0 Å². The molecule has 3 aromatic heterocycles. The van der Waals surface area contributed by atoms with E-state index >= 15 is 0 Å². The Bertz CT molecular complexity index is 978. The summed E-state index contributed by atoms with van der Waals surface area (Å²) < 4.78 is 1.71. The molecule has 0 unspecified atom stereocenters. The van der Waals surface area contributed by atoms with Gasteiger partial charge < -0.3 is 9.88 Å². The molecule has 3 fully saturated rings. The molecule has 5 nitrogen and oxygen atoms in total. The van der Waals surface area contributed by atoms with Crippen LogP contribution in [0.4, 0.5) is 5.82 Å². The van der Waals surface area contributed by atoms with Gasteiger partial charge in [-0.1, -0.05) is 6.07 Å². The van der Waals surface area contributed by atoms with Gasteiger partial charge in [0, 0.05) is 42.0 Å². The standard InChI is InChI=1S/C21H20N4O/c26-20-6-4-18(14-25(20)13-15-2-1-7-22-11-15)17-3-5-19(23-12-17)24-21-8-16(9-21)10-21/h1-7,11-12,14,16H,8-10,13H2,(H,23,24). The molecule has 1 N–H and O–H groups in total. The highest BCUT2D eigenvalue weighted by Gasteiger charge is 2.56. The smallest absolute Gasteiger partial charge is 0.250 e. The molecule has 3 aliphatic rings. The van der Waals surface area contributed by atoms with Gasteiger partial charge in [-0.05, 0) is 60.6 Å². The molecular weight excluding hydrogens is 324 g/mol. The van der Waals surface area contributed by atoms with E-state index in [2.05, 4.69) is 21.4 Å². The van der Waals surface area contributed by atoms with Gasteiger partial charge in [-0.25, -0.2) is 4.98 Å². The lowest BCUT2D eigenvalue weighted by Gasteiger charge is -2.62. The summed E-state index contributed by atoms with van der Waals surface area (Å²) in [5.74, 6) is 1.89. The van der Waals surface area contributed by atoms with Gasteiger partial charge in [-0.15, -0.1) is 0 Å². The molecule has 0 saturated heterocycles. The van der Waals surface area contributed by atoms with Crippen molar-refractivity contribution >= 4 is 5.82 Å². The lowest BCUT2D eigenvalue weighted by molar-refractivity contribution is 0.00181. The molecule has 0 aliphatic heterocycles. The Kier molecular flexibility index (Phi) is 3.42. The normalized spacial score (nSPS) is 23.0. The van der Waals surface area contributed by atoms with Gasteiger partial charge in [0.05, 0.1) is 6.54 Å². The highest BCUT2D eigenvalue weighted by Crippen LogP contribution is 2.58. The van der Waals surface area contributed by atoms with Gasteiger partial charge in [-0.3, -0.25) is 9.78 Å². The van der Waals surface area contributed by atoms with Gasteiger partial charge in [0.25, 0.3) is 5.56 Å². The number of pyridine rings is 3. The lowest BCUT2D eigenvalue weighted by Crippen LogP contribution is -2.63. The maximum Gasteiger partial charge on any atom is 0.250 e. The van der Waals surface area contributed by atoms with Crippen molar-refractivity contribution in [3.8, 4) is 11.1 Å². The van der Waals surface area contributed by atoms with Crippen LogP contribution >= 0.6 is 0 Å². The van der Waals surface area contributed by atoms with Crippen LogP contribution in [0, 0.1) is 5.92 Å². The van der Waals surface area contributed by atoms with Crippen molar-refractivity contribution in [3.05, 3.63) is 77.1 Å². The van der Waals surface area contributed by atoms with E-state index in [1.54, 1.807) is 23.0 Å². The van der Waals surface area contributed by atoms with Crippen LogP contribution in [-0.2, 0) is 6.54 Å². The van der Waals surface area contributed by atoms with Crippen molar-refractivity contribution in [2.75, 3.05) is 5.32 Å². The van der Waals surface area contributed by atoms with Gasteiger partial charge in [-0.2, -0.15) is 0 Å². The third-order valence-electron chi connectivity index (χ3n) is 5.59. The molecule has 130 valence electrons. The van der Waals surface area contributed by atoms with Crippen molar-refractivity contribution in [1.82, 2.24) is 14.5 Å². The first-order valence-corrected chi connectivity index (χ1v) is 9.03. The zero-order chi connectivity index (χ0) is 17.6. The zero-order valence-electron chi connectivity index (χ0n) is 14.4. The van der Waals surface area contributed by atoms with E-state index in [9.17, 15) is 4.79 Å². The predicted octanol–water partition coefficient (Wildman–Crippen LogP) is 3.32. The third-order valence-corrected chi connectivity index (χ3v) is 5.59. The minimum atomic E-state index is -0.0209. The van der Waals surface area contributed by atoms with E-state index < -0.39 is 0 Å². The molecule has 5 heteroatoms. The average molecular weight is 344 g/mol. The van der Waals surface area contributed by atoms with Crippen LogP contribution < -0.4 is 10.9 Å². The topological polar surface area (TPSA) is 59.8 Å². The van der Waals surface area contributed by atoms with Crippen LogP contribution in [0.1, 0.15) is 24.8 Å². The van der Waals surface area contributed by atoms with Gasteiger partial charge in [0.1, 0.15) is 5.82 Å². The number of nitrogens with zero attached hydrogens (tertiary/aromatic N) is 3. The molecule has 0 aromatic carbocycles. The molecule has 26 heavy (non-hydrogen) atoms. The van der Waals surface area contributed by atoms with E-state index in [0.717, 1.165) is 28.4 Å². The monoisotopic (exact) mass is 344 g/mol. The maximum absolute atomic E-state index is 12.2. The van der Waals surface area contributed by atoms with Crippen molar-refractivity contribution in [2.24, 2.45) is 5.92 Å². The highest BCUT2D eigenvalue weighted by molar-refractivity contribution is 5.63. The summed E-state index contributed by atoms with van der Waals surface area (Å²) >= 11 is 0. The number of rotatable bonds is 5. The Morgan fingerprint density at radius 3 is 2.58 bits per heavy atom. The second kappa shape index (κ2) is 5.80. The fraction of sp³-hybridized carbons (Fsp3) is 0.286. The first-order chi connectivity index (χ1) is 12.7. The summed E-state index contributed by atoms with van der Waals surface area (Å²) in [6.45, 7) is 0.511. The van der Waals surface area contributed by atoms with E-state index in [-0.39, 0.29) is 5.56 Å². The Morgan fingerprint density at radius 2 is 1.92 bits per heavy atom. The highest BCUT2D eigenvalue weighted by atomic mass is 16.1. The molecule has 3 heterocycles. The molecule has 6 rings (SSSR count). The molecule has 0 atom stereocenters. The minimum absolute atomic E-state index is 0.0209. The zero-order valence-corrected chi connectivity index (χ0v) is 14.4. The number of nitrogens with one attached hydrogen (secondary N) is 1. The molecule has 0 amide bonds. The molecule has 3 saturated carbocycles. The van der Waals surface area contributed by atoms with Crippen LogP contribution in [0.3, 0.4) is 0 Å². The SMILES string of the molecule is O=c1ccc(-c2ccc(NC34CC(C3)C4)nc2)cn1Cc1cccnc1. The fourth-order valence-corrected chi connectivity index (χ4v) is 4.06. The Hall–Kier alpha value is -2.95. The second-order valence-corrected chi connectivity index (χ2v) is 7.56. The van der Waals surface area contributed by atoms with Crippen LogP contribution in [0.2, 0.25) is 0 Å². The largest absolute Gasteiger partial charge is 0.365 e. The van der Waals surface area contributed by atoms with Crippen LogP contribution in [-0.4, -0.2) is 20.1 Å². The number of hydrogen-bond donors (Lipinski definition) is 1. The Labute approximate surface area is 151 Å². The molecule has 0 radical (unpaired) electrons. The maximum atomic E-state index is 12.2. The van der Waals surface area contributed by atoms with Crippen molar-refractivity contribution in [2.45, 2.75) is 31.3 Å². The van der Waals surface area contributed by atoms with Crippen LogP contribution in [0.15, 0.2) is 66.0 Å². The molecule has 0 spiro atoms. The minimum Gasteiger partial charge on any atom is -0.365 e.